The summed E-state index contributed by atoms with van der Waals surface area (Å²) in [6.07, 6.45) is 19.1. The zero-order chi connectivity index (χ0) is 19.2. The first-order valence-corrected chi connectivity index (χ1v) is 12.3. The highest BCUT2D eigenvalue weighted by Gasteiger charge is 2.62. The van der Waals surface area contributed by atoms with Crippen molar-refractivity contribution < 1.29 is 0 Å². The van der Waals surface area contributed by atoms with Crippen molar-refractivity contribution in [3.05, 3.63) is 35.9 Å². The van der Waals surface area contributed by atoms with Crippen molar-refractivity contribution in [1.82, 2.24) is 0 Å². The molecule has 0 spiro atoms. The summed E-state index contributed by atoms with van der Waals surface area (Å²) in [5.74, 6) is 2.80. The van der Waals surface area contributed by atoms with Gasteiger partial charge in [-0.2, -0.15) is 0 Å². The Morgan fingerprint density at radius 3 is 2.25 bits per heavy atom. The Balaban J connectivity index is 1.36. The van der Waals surface area contributed by atoms with Gasteiger partial charge in [-0.25, -0.2) is 0 Å². The van der Waals surface area contributed by atoms with Gasteiger partial charge in [0.05, 0.1) is 0 Å². The fourth-order valence-corrected chi connectivity index (χ4v) is 8.90. The Hall–Kier alpha value is -0.820. The van der Waals surface area contributed by atoms with Gasteiger partial charge < -0.3 is 5.73 Å². The quantitative estimate of drug-likeness (QED) is 0.574. The fraction of sp³-hybridized carbons (Fsp3) is 0.778. The zero-order valence-electron chi connectivity index (χ0n) is 18.1. The molecule has 1 aromatic carbocycles. The normalized spacial score (nSPS) is 44.7. The summed E-state index contributed by atoms with van der Waals surface area (Å²) < 4.78 is 0. The summed E-state index contributed by atoms with van der Waals surface area (Å²) in [4.78, 5) is 0. The molecule has 5 saturated carbocycles. The molecule has 5 aliphatic carbocycles. The van der Waals surface area contributed by atoms with Crippen molar-refractivity contribution in [1.29, 1.82) is 0 Å². The zero-order valence-corrected chi connectivity index (χ0v) is 18.1. The minimum atomic E-state index is 0.494. The van der Waals surface area contributed by atoms with Crippen molar-refractivity contribution in [2.24, 2.45) is 34.3 Å². The number of rotatable bonds is 6. The number of hydrogen-bond donors (Lipinski definition) is 1. The summed E-state index contributed by atoms with van der Waals surface area (Å²) in [6.45, 7) is 3.41. The van der Waals surface area contributed by atoms with Crippen molar-refractivity contribution in [2.45, 2.75) is 95.8 Å². The molecule has 5 aliphatic rings. The topological polar surface area (TPSA) is 26.0 Å². The SMILES string of the molecule is CCC12CC3CC(CCC4CCC(CN)CC4)(C1)CC(c1ccccc1)(C3)C2. The van der Waals surface area contributed by atoms with Crippen LogP contribution in [0.1, 0.15) is 96.0 Å². The van der Waals surface area contributed by atoms with Gasteiger partial charge in [-0.3, -0.25) is 0 Å². The Morgan fingerprint density at radius 2 is 1.54 bits per heavy atom. The maximum absolute atomic E-state index is 5.92. The largest absolute Gasteiger partial charge is 0.330 e. The standard InChI is InChI=1S/C27H41N/c1-2-25-14-23-15-26(18-25,13-12-21-8-10-22(17-28)11-9-21)20-27(16-23,19-25)24-6-4-3-5-7-24/h3-7,21-23H,2,8-20,28H2,1H3. The van der Waals surface area contributed by atoms with E-state index in [1.165, 1.54) is 70.6 Å². The molecule has 6 rings (SSSR count). The lowest BCUT2D eigenvalue weighted by molar-refractivity contribution is -0.133. The van der Waals surface area contributed by atoms with E-state index >= 15 is 0 Å². The molecule has 0 aliphatic heterocycles. The smallest absolute Gasteiger partial charge is 0.00338 e. The molecule has 1 heteroatoms. The Labute approximate surface area is 172 Å². The highest BCUT2D eigenvalue weighted by molar-refractivity contribution is 5.31. The third-order valence-electron chi connectivity index (χ3n) is 9.82. The summed E-state index contributed by atoms with van der Waals surface area (Å²) in [7, 11) is 0. The van der Waals surface area contributed by atoms with E-state index < -0.39 is 0 Å². The molecule has 1 nitrogen and oxygen atoms in total. The lowest BCUT2D eigenvalue weighted by Gasteiger charge is -2.67. The summed E-state index contributed by atoms with van der Waals surface area (Å²) in [5.41, 5.74) is 9.38. The second-order valence-electron chi connectivity index (χ2n) is 11.7. The molecule has 0 aromatic heterocycles. The van der Waals surface area contributed by atoms with Crippen LogP contribution in [0.25, 0.3) is 0 Å². The average Bonchev–Trinajstić information content (AvgIpc) is 2.72. The third kappa shape index (κ3) is 3.26. The molecular formula is C27H41N. The van der Waals surface area contributed by atoms with E-state index in [9.17, 15) is 0 Å². The van der Waals surface area contributed by atoms with E-state index in [-0.39, 0.29) is 0 Å². The van der Waals surface area contributed by atoms with Gasteiger partial charge >= 0.3 is 0 Å². The lowest BCUT2D eigenvalue weighted by Crippen LogP contribution is -2.58. The predicted molar refractivity (Wildman–Crippen MR) is 118 cm³/mol. The van der Waals surface area contributed by atoms with Gasteiger partial charge in [0, 0.05) is 0 Å². The number of nitrogens with two attached hydrogens (primary N) is 1. The first-order chi connectivity index (χ1) is 13.6. The molecule has 0 amide bonds. The molecule has 0 radical (unpaired) electrons. The number of hydrogen-bond acceptors (Lipinski definition) is 1. The van der Waals surface area contributed by atoms with Crippen LogP contribution in [0, 0.1) is 28.6 Å². The maximum atomic E-state index is 5.92. The second-order valence-corrected chi connectivity index (χ2v) is 11.7. The van der Waals surface area contributed by atoms with Gasteiger partial charge in [0.1, 0.15) is 0 Å². The molecule has 5 fully saturated rings. The fourth-order valence-electron chi connectivity index (χ4n) is 8.90. The minimum Gasteiger partial charge on any atom is -0.330 e. The van der Waals surface area contributed by atoms with Crippen LogP contribution in [0.15, 0.2) is 30.3 Å². The van der Waals surface area contributed by atoms with Crippen LogP contribution >= 0.6 is 0 Å². The van der Waals surface area contributed by atoms with Gasteiger partial charge in [0.2, 0.25) is 0 Å². The van der Waals surface area contributed by atoms with E-state index in [0.717, 1.165) is 24.3 Å². The molecule has 0 saturated heterocycles. The molecule has 4 unspecified atom stereocenters. The molecule has 4 atom stereocenters. The molecule has 2 N–H and O–H groups in total. The minimum absolute atomic E-state index is 0.494. The molecule has 1 aromatic rings. The van der Waals surface area contributed by atoms with Crippen LogP contribution in [-0.2, 0) is 5.41 Å². The van der Waals surface area contributed by atoms with Crippen LogP contribution in [0.4, 0.5) is 0 Å². The highest BCUT2D eigenvalue weighted by Crippen LogP contribution is 2.72. The summed E-state index contributed by atoms with van der Waals surface area (Å²) >= 11 is 0. The summed E-state index contributed by atoms with van der Waals surface area (Å²) in [6, 6.07) is 11.7. The molecule has 0 heterocycles. The van der Waals surface area contributed by atoms with Crippen molar-refractivity contribution in [3.8, 4) is 0 Å². The van der Waals surface area contributed by atoms with Crippen LogP contribution in [-0.4, -0.2) is 6.54 Å². The van der Waals surface area contributed by atoms with Gasteiger partial charge in [-0.1, -0.05) is 56.5 Å². The molecular weight excluding hydrogens is 338 g/mol. The average molecular weight is 380 g/mol. The lowest BCUT2D eigenvalue weighted by atomic mass is 9.37. The van der Waals surface area contributed by atoms with Crippen LogP contribution in [0.5, 0.6) is 0 Å². The molecule has 28 heavy (non-hydrogen) atoms. The van der Waals surface area contributed by atoms with Crippen molar-refractivity contribution in [2.75, 3.05) is 6.54 Å². The monoisotopic (exact) mass is 379 g/mol. The number of benzene rings is 1. The van der Waals surface area contributed by atoms with Gasteiger partial charge in [-0.15, -0.1) is 0 Å². The Morgan fingerprint density at radius 1 is 0.857 bits per heavy atom. The Kier molecular flexibility index (Phi) is 4.89. The third-order valence-corrected chi connectivity index (χ3v) is 9.82. The van der Waals surface area contributed by atoms with Gasteiger partial charge in [-0.05, 0) is 110 Å². The van der Waals surface area contributed by atoms with Crippen LogP contribution in [0.2, 0.25) is 0 Å². The van der Waals surface area contributed by atoms with E-state index in [0.29, 0.717) is 16.2 Å². The van der Waals surface area contributed by atoms with Gasteiger partial charge in [0.15, 0.2) is 0 Å². The van der Waals surface area contributed by atoms with E-state index in [2.05, 4.69) is 37.3 Å². The van der Waals surface area contributed by atoms with Crippen molar-refractivity contribution >= 4 is 0 Å². The summed E-state index contributed by atoms with van der Waals surface area (Å²) in [5, 5.41) is 0. The van der Waals surface area contributed by atoms with E-state index in [4.69, 9.17) is 5.73 Å². The maximum Gasteiger partial charge on any atom is -0.00338 e. The molecule has 4 bridgehead atoms. The van der Waals surface area contributed by atoms with Crippen LogP contribution < -0.4 is 5.73 Å². The van der Waals surface area contributed by atoms with E-state index in [1.807, 2.05) is 0 Å². The predicted octanol–water partition coefficient (Wildman–Crippen LogP) is 6.85. The van der Waals surface area contributed by atoms with E-state index in [1.54, 1.807) is 18.4 Å². The molecule has 154 valence electrons. The first kappa shape index (κ1) is 19.2. The second kappa shape index (κ2) is 7.15. The van der Waals surface area contributed by atoms with Gasteiger partial charge in [0.25, 0.3) is 0 Å². The van der Waals surface area contributed by atoms with Crippen LogP contribution in [0.3, 0.4) is 0 Å². The van der Waals surface area contributed by atoms with Crippen molar-refractivity contribution in [3.63, 3.8) is 0 Å². The Bertz CT molecular complexity index is 675. The highest BCUT2D eigenvalue weighted by atomic mass is 14.7. The first-order valence-electron chi connectivity index (χ1n) is 12.3.